The third kappa shape index (κ3) is 22.0. The average Bonchev–Trinajstić information content (AvgIpc) is 2.97. The van der Waals surface area contributed by atoms with Crippen molar-refractivity contribution in [2.45, 2.75) is 127 Å². The lowest BCUT2D eigenvalue weighted by molar-refractivity contribution is -0.124. The number of Topliss-reactive ketones (excluding diaryl/α,β-unsaturated/α-hetero) is 1. The number of hydrogen-bond donors (Lipinski definition) is 2. The van der Waals surface area contributed by atoms with Crippen LogP contribution in [0.3, 0.4) is 0 Å². The maximum atomic E-state index is 11.1. The molecular formula is C35H62N2O3. The molecule has 1 unspecified atom stereocenters. The molecule has 2 rings (SSSR count). The number of rotatable bonds is 10. The summed E-state index contributed by atoms with van der Waals surface area (Å²) in [5.74, 6) is 1.68. The van der Waals surface area contributed by atoms with Gasteiger partial charge >= 0.3 is 0 Å². The molecule has 0 spiro atoms. The lowest BCUT2D eigenvalue weighted by Gasteiger charge is -2.23. The summed E-state index contributed by atoms with van der Waals surface area (Å²) in [6.07, 6.45) is 17.8. The van der Waals surface area contributed by atoms with E-state index in [0.717, 1.165) is 11.6 Å². The zero-order valence-corrected chi connectivity index (χ0v) is 27.7. The molecule has 5 nitrogen and oxygen atoms in total. The molecular weight excluding hydrogens is 496 g/mol. The predicted octanol–water partition coefficient (Wildman–Crippen LogP) is 9.51. The smallest absolute Gasteiger partial charge is 0.262 e. The van der Waals surface area contributed by atoms with Gasteiger partial charge in [0.1, 0.15) is 11.5 Å². The largest absolute Gasteiger partial charge is 0.482 e. The van der Waals surface area contributed by atoms with Crippen LogP contribution in [-0.2, 0) is 14.3 Å². The van der Waals surface area contributed by atoms with Gasteiger partial charge in [-0.2, -0.15) is 0 Å². The van der Waals surface area contributed by atoms with E-state index in [2.05, 4.69) is 44.2 Å². The fraction of sp³-hybridized carbons (Fsp3) is 0.600. The van der Waals surface area contributed by atoms with E-state index in [-0.39, 0.29) is 24.3 Å². The van der Waals surface area contributed by atoms with E-state index < -0.39 is 0 Å². The molecule has 0 aromatic rings. The fourth-order valence-corrected chi connectivity index (χ4v) is 3.90. The molecule has 1 saturated carbocycles. The lowest BCUT2D eigenvalue weighted by atomic mass is 9.83. The van der Waals surface area contributed by atoms with Crippen molar-refractivity contribution in [2.75, 3.05) is 6.61 Å². The van der Waals surface area contributed by atoms with Crippen molar-refractivity contribution in [1.29, 1.82) is 0 Å². The van der Waals surface area contributed by atoms with Crippen molar-refractivity contribution >= 4 is 11.7 Å². The van der Waals surface area contributed by atoms with Crippen LogP contribution in [0.15, 0.2) is 72.3 Å². The highest BCUT2D eigenvalue weighted by Crippen LogP contribution is 2.31. The van der Waals surface area contributed by atoms with E-state index in [9.17, 15) is 9.59 Å². The number of ketones is 1. The molecule has 0 saturated heterocycles. The number of carbonyl (C=O) groups excluding carboxylic acids is 2. The first-order valence-corrected chi connectivity index (χ1v) is 15.3. The van der Waals surface area contributed by atoms with Crippen molar-refractivity contribution in [3.63, 3.8) is 0 Å². The van der Waals surface area contributed by atoms with Crippen LogP contribution < -0.4 is 10.6 Å². The second-order valence-corrected chi connectivity index (χ2v) is 9.50. The van der Waals surface area contributed by atoms with E-state index in [1.807, 2.05) is 66.7 Å². The Kier molecular flexibility index (Phi) is 28.9. The van der Waals surface area contributed by atoms with Crippen LogP contribution in [0.1, 0.15) is 121 Å². The van der Waals surface area contributed by atoms with Gasteiger partial charge in [-0.25, -0.2) is 0 Å². The first-order valence-electron chi connectivity index (χ1n) is 15.3. The second-order valence-electron chi connectivity index (χ2n) is 9.50. The van der Waals surface area contributed by atoms with Crippen molar-refractivity contribution < 1.29 is 14.3 Å². The summed E-state index contributed by atoms with van der Waals surface area (Å²) in [6.45, 7) is 31.1. The van der Waals surface area contributed by atoms with Gasteiger partial charge in [0.15, 0.2) is 6.61 Å². The van der Waals surface area contributed by atoms with Crippen LogP contribution in [0.25, 0.3) is 0 Å². The van der Waals surface area contributed by atoms with Gasteiger partial charge < -0.3 is 20.2 Å². The molecule has 2 N–H and O–H groups in total. The molecule has 1 fully saturated rings. The van der Waals surface area contributed by atoms with Crippen LogP contribution in [0.2, 0.25) is 0 Å². The van der Waals surface area contributed by atoms with Crippen molar-refractivity contribution in [1.82, 2.24) is 10.6 Å². The highest BCUT2D eigenvalue weighted by Gasteiger charge is 2.15. The zero-order valence-electron chi connectivity index (χ0n) is 27.7. The number of hydrogen-bond acceptors (Lipinski definition) is 4. The Hall–Kier alpha value is -2.82. The molecule has 230 valence electrons. The van der Waals surface area contributed by atoms with Gasteiger partial charge in [-0.15, -0.1) is 0 Å². The second kappa shape index (κ2) is 27.7. The molecule has 0 bridgehead atoms. The van der Waals surface area contributed by atoms with Gasteiger partial charge in [0.2, 0.25) is 0 Å². The SMILES string of the molecule is C=C/C(C)=C(\CC)CC1CCCCC1.C=CC1=C(/C=C\C(C)NC(=C)C)OCC(=O)N1.CC.CC.CCC(C)=O. The van der Waals surface area contributed by atoms with Crippen molar-refractivity contribution in [3.8, 4) is 0 Å². The summed E-state index contributed by atoms with van der Waals surface area (Å²) in [5.41, 5.74) is 4.54. The number of nitrogens with one attached hydrogen (secondary N) is 2. The van der Waals surface area contributed by atoms with Crippen molar-refractivity contribution in [3.05, 3.63) is 72.3 Å². The lowest BCUT2D eigenvalue weighted by Crippen LogP contribution is -2.32. The Bertz CT molecular complexity index is 828. The van der Waals surface area contributed by atoms with Gasteiger partial charge in [-0.05, 0) is 58.6 Å². The predicted molar refractivity (Wildman–Crippen MR) is 176 cm³/mol. The number of ether oxygens (including phenoxy) is 1. The van der Waals surface area contributed by atoms with Crippen LogP contribution in [0.4, 0.5) is 0 Å². The molecule has 1 amide bonds. The van der Waals surface area contributed by atoms with E-state index in [1.54, 1.807) is 18.6 Å². The van der Waals surface area contributed by atoms with Gasteiger partial charge in [-0.1, -0.05) is 117 Å². The Morgan fingerprint density at radius 2 is 1.60 bits per heavy atom. The molecule has 5 heteroatoms. The first-order chi connectivity index (χ1) is 19.1. The minimum atomic E-state index is -0.162. The third-order valence-electron chi connectivity index (χ3n) is 6.16. The highest BCUT2D eigenvalue weighted by atomic mass is 16.5. The molecule has 2 aliphatic rings. The third-order valence-corrected chi connectivity index (χ3v) is 6.16. The highest BCUT2D eigenvalue weighted by molar-refractivity contribution is 5.81. The minimum Gasteiger partial charge on any atom is -0.482 e. The van der Waals surface area contributed by atoms with Gasteiger partial charge in [0.25, 0.3) is 5.91 Å². The molecule has 1 heterocycles. The molecule has 40 heavy (non-hydrogen) atoms. The minimum absolute atomic E-state index is 0.0410. The standard InChI is InChI=1S/C14H24.C13H18N2O2.C4H8O.2C2H6/c1-4-12(3)14(5-2)11-13-9-7-6-8-10-13;1-5-11-12(17-8-13(16)15-11)7-6-10(4)14-9(2)3;1-3-4(2)5;2*1-2/h4,13H,1,5-11H2,2-3H3;5-7,10,14H,1-2,8H2,3-4H3,(H,15,16);3H2,1-2H3;2*1-2H3/b14-12+;7-6-;;;. The summed E-state index contributed by atoms with van der Waals surface area (Å²) in [6, 6.07) is 0.146. The molecule has 0 aromatic heterocycles. The van der Waals surface area contributed by atoms with Crippen LogP contribution in [0, 0.1) is 5.92 Å². The molecule has 1 atom stereocenters. The summed E-state index contributed by atoms with van der Waals surface area (Å²) in [4.78, 5) is 20.9. The van der Waals surface area contributed by atoms with E-state index in [4.69, 9.17) is 4.74 Å². The summed E-state index contributed by atoms with van der Waals surface area (Å²) in [5, 5.41) is 5.84. The van der Waals surface area contributed by atoms with Crippen LogP contribution in [-0.4, -0.2) is 24.3 Å². The molecule has 1 aliphatic heterocycles. The fourth-order valence-electron chi connectivity index (χ4n) is 3.90. The van der Waals surface area contributed by atoms with E-state index in [1.165, 1.54) is 50.5 Å². The zero-order chi connectivity index (χ0) is 31.5. The number of allylic oxidation sites excluding steroid dienone is 6. The van der Waals surface area contributed by atoms with E-state index in [0.29, 0.717) is 17.9 Å². The van der Waals surface area contributed by atoms with Gasteiger partial charge in [-0.3, -0.25) is 4.79 Å². The van der Waals surface area contributed by atoms with Gasteiger partial charge in [0, 0.05) is 18.2 Å². The molecule has 0 radical (unpaired) electrons. The average molecular weight is 559 g/mol. The Balaban J connectivity index is -0.000000534. The quantitative estimate of drug-likeness (QED) is 0.262. The Labute approximate surface area is 248 Å². The summed E-state index contributed by atoms with van der Waals surface area (Å²) >= 11 is 0. The van der Waals surface area contributed by atoms with E-state index >= 15 is 0 Å². The maximum absolute atomic E-state index is 11.1. The topological polar surface area (TPSA) is 67.4 Å². The van der Waals surface area contributed by atoms with Gasteiger partial charge in [0.05, 0.1) is 5.70 Å². The first kappa shape index (κ1) is 41.7. The Morgan fingerprint density at radius 3 is 2.02 bits per heavy atom. The number of amides is 1. The monoisotopic (exact) mass is 558 g/mol. The van der Waals surface area contributed by atoms with Crippen molar-refractivity contribution in [2.24, 2.45) is 5.92 Å². The normalized spacial score (nSPS) is 15.8. The summed E-state index contributed by atoms with van der Waals surface area (Å²) < 4.78 is 5.31. The number of carbonyl (C=O) groups is 2. The maximum Gasteiger partial charge on any atom is 0.262 e. The van der Waals surface area contributed by atoms with Crippen LogP contribution >= 0.6 is 0 Å². The molecule has 0 aromatic carbocycles. The summed E-state index contributed by atoms with van der Waals surface area (Å²) in [7, 11) is 0. The Morgan fingerprint density at radius 1 is 1.05 bits per heavy atom. The molecule has 1 aliphatic carbocycles. The van der Waals surface area contributed by atoms with Crippen LogP contribution in [0.5, 0.6) is 0 Å².